The molecule has 2 aromatic heterocycles. The van der Waals surface area contributed by atoms with Gasteiger partial charge in [0.2, 0.25) is 11.7 Å². The fraction of sp³-hybridized carbons (Fsp3) is 0.261. The highest BCUT2D eigenvalue weighted by Gasteiger charge is 2.31. The number of aromatic nitrogens is 4. The van der Waals surface area contributed by atoms with Crippen molar-refractivity contribution in [2.24, 2.45) is 0 Å². The van der Waals surface area contributed by atoms with E-state index in [1.807, 2.05) is 36.4 Å². The molecule has 1 aliphatic rings. The number of para-hydroxylation sites is 2. The fourth-order valence-corrected chi connectivity index (χ4v) is 4.98. The zero-order chi connectivity index (χ0) is 23.8. The summed E-state index contributed by atoms with van der Waals surface area (Å²) in [6, 6.07) is 14.3. The SMILES string of the molecule is COc1ccccc1Cn1c(=O)c2ccccc2n2c(SC(C)C(=O)N3CCNC3=O)nnc12. The first-order chi connectivity index (χ1) is 16.5. The minimum absolute atomic E-state index is 0.198. The Morgan fingerprint density at radius 2 is 1.91 bits per heavy atom. The first-order valence-electron chi connectivity index (χ1n) is 10.7. The van der Waals surface area contributed by atoms with Gasteiger partial charge in [0, 0.05) is 18.7 Å². The molecule has 0 aliphatic carbocycles. The first-order valence-corrected chi connectivity index (χ1v) is 11.6. The van der Waals surface area contributed by atoms with Crippen molar-refractivity contribution < 1.29 is 14.3 Å². The van der Waals surface area contributed by atoms with Gasteiger partial charge >= 0.3 is 6.03 Å². The molecule has 0 radical (unpaired) electrons. The number of carbonyl (C=O) groups is 2. The molecule has 3 amide bonds. The fourth-order valence-electron chi connectivity index (χ4n) is 4.07. The Hall–Kier alpha value is -3.86. The van der Waals surface area contributed by atoms with Crippen molar-refractivity contribution in [1.29, 1.82) is 0 Å². The maximum Gasteiger partial charge on any atom is 0.324 e. The van der Waals surface area contributed by atoms with Gasteiger partial charge in [0.05, 0.1) is 29.8 Å². The lowest BCUT2D eigenvalue weighted by molar-refractivity contribution is -0.126. The Morgan fingerprint density at radius 3 is 2.68 bits per heavy atom. The predicted octanol–water partition coefficient (Wildman–Crippen LogP) is 2.13. The number of benzene rings is 2. The van der Waals surface area contributed by atoms with E-state index in [1.165, 1.54) is 16.7 Å². The van der Waals surface area contributed by atoms with Crippen LogP contribution in [0.4, 0.5) is 4.79 Å². The van der Waals surface area contributed by atoms with Crippen LogP contribution in [0.15, 0.2) is 58.5 Å². The number of hydrogen-bond acceptors (Lipinski definition) is 7. The summed E-state index contributed by atoms with van der Waals surface area (Å²) in [5.41, 5.74) is 1.27. The molecule has 1 unspecified atom stereocenters. The number of thioether (sulfide) groups is 1. The van der Waals surface area contributed by atoms with Crippen LogP contribution >= 0.6 is 11.8 Å². The highest BCUT2D eigenvalue weighted by Crippen LogP contribution is 2.27. The van der Waals surface area contributed by atoms with Gasteiger partial charge in [0.15, 0.2) is 5.16 Å². The third kappa shape index (κ3) is 3.67. The van der Waals surface area contributed by atoms with Crippen molar-refractivity contribution in [3.8, 4) is 5.75 Å². The van der Waals surface area contributed by atoms with Crippen LogP contribution in [-0.2, 0) is 11.3 Å². The molecule has 1 aliphatic heterocycles. The molecular formula is C23H22N6O4S. The number of rotatable bonds is 6. The van der Waals surface area contributed by atoms with Gasteiger partial charge in [-0.1, -0.05) is 42.1 Å². The molecule has 34 heavy (non-hydrogen) atoms. The van der Waals surface area contributed by atoms with Crippen molar-refractivity contribution in [2.75, 3.05) is 20.2 Å². The predicted molar refractivity (Wildman–Crippen MR) is 127 cm³/mol. The molecule has 1 N–H and O–H groups in total. The number of nitrogens with zero attached hydrogens (tertiary/aromatic N) is 5. The third-order valence-corrected chi connectivity index (χ3v) is 6.78. The quantitative estimate of drug-likeness (QED) is 0.423. The number of nitrogens with one attached hydrogen (secondary N) is 1. The van der Waals surface area contributed by atoms with Crippen LogP contribution in [0, 0.1) is 0 Å². The maximum atomic E-state index is 13.4. The first kappa shape index (κ1) is 22.0. The summed E-state index contributed by atoms with van der Waals surface area (Å²) in [6.45, 7) is 2.75. The van der Waals surface area contributed by atoms with E-state index in [0.717, 1.165) is 5.56 Å². The van der Waals surface area contributed by atoms with Crippen LogP contribution in [-0.4, -0.2) is 61.5 Å². The maximum absolute atomic E-state index is 13.4. The summed E-state index contributed by atoms with van der Waals surface area (Å²) in [7, 11) is 1.59. The highest BCUT2D eigenvalue weighted by atomic mass is 32.2. The van der Waals surface area contributed by atoms with Crippen LogP contribution in [0.2, 0.25) is 0 Å². The van der Waals surface area contributed by atoms with Crippen molar-refractivity contribution in [3.05, 3.63) is 64.4 Å². The van der Waals surface area contributed by atoms with Gasteiger partial charge in [-0.15, -0.1) is 10.2 Å². The molecule has 4 aromatic rings. The van der Waals surface area contributed by atoms with Gasteiger partial charge in [0.1, 0.15) is 5.75 Å². The van der Waals surface area contributed by atoms with Gasteiger partial charge in [-0.3, -0.25) is 23.5 Å². The lowest BCUT2D eigenvalue weighted by Crippen LogP contribution is -2.39. The smallest absolute Gasteiger partial charge is 0.324 e. The summed E-state index contributed by atoms with van der Waals surface area (Å²) in [4.78, 5) is 39.4. The molecule has 1 atom stereocenters. The lowest BCUT2D eigenvalue weighted by Gasteiger charge is -2.17. The van der Waals surface area contributed by atoms with Gasteiger partial charge in [-0.2, -0.15) is 0 Å². The normalized spacial score (nSPS) is 14.5. The third-order valence-electron chi connectivity index (χ3n) is 5.75. The van der Waals surface area contributed by atoms with Crippen molar-refractivity contribution in [1.82, 2.24) is 29.4 Å². The second kappa shape index (κ2) is 8.82. The number of amides is 3. The number of urea groups is 1. The monoisotopic (exact) mass is 478 g/mol. The summed E-state index contributed by atoms with van der Waals surface area (Å²) in [5.74, 6) is 0.719. The van der Waals surface area contributed by atoms with E-state index in [9.17, 15) is 14.4 Å². The average molecular weight is 479 g/mol. The molecule has 0 saturated carbocycles. The Bertz CT molecular complexity index is 1480. The molecule has 1 fully saturated rings. The molecule has 11 heteroatoms. The van der Waals surface area contributed by atoms with Gasteiger partial charge in [0.25, 0.3) is 5.56 Å². The van der Waals surface area contributed by atoms with Crippen LogP contribution in [0.5, 0.6) is 5.75 Å². The van der Waals surface area contributed by atoms with Gasteiger partial charge in [-0.25, -0.2) is 4.79 Å². The Morgan fingerprint density at radius 1 is 1.15 bits per heavy atom. The largest absolute Gasteiger partial charge is 0.496 e. The zero-order valence-electron chi connectivity index (χ0n) is 18.6. The molecule has 0 spiro atoms. The van der Waals surface area contributed by atoms with Crippen LogP contribution in [0.25, 0.3) is 16.7 Å². The Kier molecular flexibility index (Phi) is 5.70. The van der Waals surface area contributed by atoms with E-state index in [2.05, 4.69) is 15.5 Å². The topological polar surface area (TPSA) is 111 Å². The number of hydrogen-bond donors (Lipinski definition) is 1. The van der Waals surface area contributed by atoms with E-state index < -0.39 is 5.25 Å². The van der Waals surface area contributed by atoms with E-state index in [4.69, 9.17) is 4.74 Å². The Labute approximate surface area is 198 Å². The van der Waals surface area contributed by atoms with E-state index in [0.29, 0.717) is 40.7 Å². The van der Waals surface area contributed by atoms with Crippen LogP contribution in [0.1, 0.15) is 12.5 Å². The van der Waals surface area contributed by atoms with Crippen molar-refractivity contribution >= 4 is 40.4 Å². The minimum Gasteiger partial charge on any atom is -0.496 e. The molecule has 1 saturated heterocycles. The lowest BCUT2D eigenvalue weighted by atomic mass is 10.2. The van der Waals surface area contributed by atoms with Crippen molar-refractivity contribution in [2.45, 2.75) is 23.9 Å². The molecule has 174 valence electrons. The number of methoxy groups -OCH3 is 1. The Balaban J connectivity index is 1.61. The van der Waals surface area contributed by atoms with Crippen LogP contribution in [0.3, 0.4) is 0 Å². The van der Waals surface area contributed by atoms with E-state index >= 15 is 0 Å². The molecule has 3 heterocycles. The summed E-state index contributed by atoms with van der Waals surface area (Å²) >= 11 is 1.20. The zero-order valence-corrected chi connectivity index (χ0v) is 19.4. The summed E-state index contributed by atoms with van der Waals surface area (Å²) < 4.78 is 8.80. The minimum atomic E-state index is -0.579. The molecule has 10 nitrogen and oxygen atoms in total. The molecule has 2 aromatic carbocycles. The number of fused-ring (bicyclic) bond motifs is 3. The standard InChI is InChI=1S/C23H22N6O4S/c1-14(19(30)27-12-11-24-22(27)32)34-23-26-25-21-28(13-15-7-3-6-10-18(15)33-2)20(31)16-8-4-5-9-17(16)29(21)23/h3-10,14H,11-13H2,1-2H3,(H,24,32). The number of ether oxygens (including phenoxy) is 1. The van der Waals surface area contributed by atoms with E-state index in [-0.39, 0.29) is 24.0 Å². The van der Waals surface area contributed by atoms with Crippen molar-refractivity contribution in [3.63, 3.8) is 0 Å². The summed E-state index contributed by atoms with van der Waals surface area (Å²) in [6.07, 6.45) is 0. The second-order valence-electron chi connectivity index (χ2n) is 7.82. The number of carbonyl (C=O) groups excluding carboxylic acids is 2. The molecular weight excluding hydrogens is 456 g/mol. The number of imide groups is 1. The molecule has 0 bridgehead atoms. The van der Waals surface area contributed by atoms with E-state index in [1.54, 1.807) is 35.1 Å². The second-order valence-corrected chi connectivity index (χ2v) is 9.13. The van der Waals surface area contributed by atoms with Gasteiger partial charge in [-0.05, 0) is 25.1 Å². The highest BCUT2D eigenvalue weighted by molar-refractivity contribution is 8.00. The average Bonchev–Trinajstić information content (AvgIpc) is 3.47. The molecule has 5 rings (SSSR count). The summed E-state index contributed by atoms with van der Waals surface area (Å²) in [5, 5.41) is 11.7. The van der Waals surface area contributed by atoms with Gasteiger partial charge < -0.3 is 10.1 Å². The van der Waals surface area contributed by atoms with Crippen LogP contribution < -0.4 is 15.6 Å².